The average Bonchev–Trinajstić information content (AvgIpc) is 3.29. The Balaban J connectivity index is 1.38. The van der Waals surface area contributed by atoms with E-state index in [9.17, 15) is 14.4 Å². The lowest BCUT2D eigenvalue weighted by molar-refractivity contribution is -0.114. The van der Waals surface area contributed by atoms with E-state index in [1.807, 2.05) is 4.90 Å². The smallest absolute Gasteiger partial charge is 0.253 e. The second-order valence-electron chi connectivity index (χ2n) is 6.89. The van der Waals surface area contributed by atoms with Crippen molar-refractivity contribution in [1.82, 2.24) is 4.90 Å². The molecule has 2 N–H and O–H groups in total. The molecule has 30 heavy (non-hydrogen) atoms. The molecule has 3 amide bonds. The quantitative estimate of drug-likeness (QED) is 0.675. The van der Waals surface area contributed by atoms with Gasteiger partial charge in [0.15, 0.2) is 0 Å². The first kappa shape index (κ1) is 21.7. The van der Waals surface area contributed by atoms with Crippen molar-refractivity contribution in [2.75, 3.05) is 42.3 Å². The number of benzene rings is 2. The molecule has 1 heterocycles. The third-order valence-electron chi connectivity index (χ3n) is 4.65. The highest BCUT2D eigenvalue weighted by Gasteiger charge is 2.19. The lowest BCUT2D eigenvalue weighted by Crippen LogP contribution is -2.27. The molecule has 1 saturated heterocycles. The molecule has 3 rings (SSSR count). The fourth-order valence-corrected chi connectivity index (χ4v) is 3.72. The number of amides is 3. The SMILES string of the molecule is COc1ccc(NC(=O)CSCC(=O)Nc2ccc(C(=O)N3CCCC3)cc2)cc1. The molecule has 0 saturated carbocycles. The Labute approximate surface area is 180 Å². The number of rotatable bonds is 8. The average molecular weight is 428 g/mol. The van der Waals surface area contributed by atoms with Crippen molar-refractivity contribution in [2.24, 2.45) is 0 Å². The number of methoxy groups -OCH3 is 1. The summed E-state index contributed by atoms with van der Waals surface area (Å²) in [6.07, 6.45) is 2.10. The van der Waals surface area contributed by atoms with Gasteiger partial charge in [0.05, 0.1) is 18.6 Å². The van der Waals surface area contributed by atoms with Crippen LogP contribution in [0.4, 0.5) is 11.4 Å². The topological polar surface area (TPSA) is 87.7 Å². The van der Waals surface area contributed by atoms with Gasteiger partial charge in [-0.3, -0.25) is 14.4 Å². The van der Waals surface area contributed by atoms with E-state index in [0.29, 0.717) is 22.7 Å². The highest BCUT2D eigenvalue weighted by molar-refractivity contribution is 8.00. The maximum Gasteiger partial charge on any atom is 0.253 e. The maximum absolute atomic E-state index is 12.3. The van der Waals surface area contributed by atoms with Gasteiger partial charge in [0, 0.05) is 30.0 Å². The number of carbonyl (C=O) groups excluding carboxylic acids is 3. The standard InChI is InChI=1S/C22H25N3O4S/c1-29-19-10-8-18(9-11-19)24-21(27)15-30-14-20(26)23-17-6-4-16(5-7-17)22(28)25-12-2-3-13-25/h4-11H,2-3,12-15H2,1H3,(H,23,26)(H,24,27). The van der Waals surface area contributed by atoms with Crippen molar-refractivity contribution in [2.45, 2.75) is 12.8 Å². The van der Waals surface area contributed by atoms with E-state index in [0.717, 1.165) is 25.9 Å². The van der Waals surface area contributed by atoms with E-state index in [4.69, 9.17) is 4.74 Å². The van der Waals surface area contributed by atoms with E-state index < -0.39 is 0 Å². The summed E-state index contributed by atoms with van der Waals surface area (Å²) in [7, 11) is 1.58. The van der Waals surface area contributed by atoms with Gasteiger partial charge >= 0.3 is 0 Å². The first-order valence-corrected chi connectivity index (χ1v) is 10.9. The summed E-state index contributed by atoms with van der Waals surface area (Å²) >= 11 is 1.23. The molecule has 0 aromatic heterocycles. The lowest BCUT2D eigenvalue weighted by atomic mass is 10.2. The fraction of sp³-hybridized carbons (Fsp3) is 0.318. The normalized spacial score (nSPS) is 13.0. The Morgan fingerprint density at radius 1 is 0.867 bits per heavy atom. The van der Waals surface area contributed by atoms with Crippen molar-refractivity contribution in [1.29, 1.82) is 0 Å². The van der Waals surface area contributed by atoms with Gasteiger partial charge in [-0.15, -0.1) is 11.8 Å². The number of hydrogen-bond acceptors (Lipinski definition) is 5. The van der Waals surface area contributed by atoms with E-state index in [2.05, 4.69) is 10.6 Å². The van der Waals surface area contributed by atoms with Gasteiger partial charge in [-0.25, -0.2) is 0 Å². The molecular weight excluding hydrogens is 402 g/mol. The minimum absolute atomic E-state index is 0.0313. The van der Waals surface area contributed by atoms with Crippen molar-refractivity contribution in [3.8, 4) is 5.75 Å². The third-order valence-corrected chi connectivity index (χ3v) is 5.58. The predicted octanol–water partition coefficient (Wildman–Crippen LogP) is 3.24. The molecule has 158 valence electrons. The zero-order valence-electron chi connectivity index (χ0n) is 16.8. The number of nitrogens with zero attached hydrogens (tertiary/aromatic N) is 1. The van der Waals surface area contributed by atoms with Crippen LogP contribution in [-0.4, -0.2) is 54.3 Å². The molecule has 0 aliphatic carbocycles. The third kappa shape index (κ3) is 6.25. The molecule has 2 aromatic rings. The summed E-state index contributed by atoms with van der Waals surface area (Å²) in [4.78, 5) is 38.3. The first-order valence-electron chi connectivity index (χ1n) is 9.76. The number of ether oxygens (including phenoxy) is 1. The van der Waals surface area contributed by atoms with Gasteiger partial charge in [0.1, 0.15) is 5.75 Å². The summed E-state index contributed by atoms with van der Waals surface area (Å²) in [6, 6.07) is 13.9. The fourth-order valence-electron chi connectivity index (χ4n) is 3.10. The van der Waals surface area contributed by atoms with Crippen LogP contribution in [0.3, 0.4) is 0 Å². The van der Waals surface area contributed by atoms with Gasteiger partial charge in [0.2, 0.25) is 11.8 Å². The van der Waals surface area contributed by atoms with Crippen LogP contribution in [0.25, 0.3) is 0 Å². The minimum Gasteiger partial charge on any atom is -0.497 e. The van der Waals surface area contributed by atoms with Crippen molar-refractivity contribution >= 4 is 40.9 Å². The van der Waals surface area contributed by atoms with E-state index in [1.54, 1.807) is 55.6 Å². The Hall–Kier alpha value is -3.00. The van der Waals surface area contributed by atoms with Crippen molar-refractivity contribution < 1.29 is 19.1 Å². The summed E-state index contributed by atoms with van der Waals surface area (Å²) in [5.41, 5.74) is 1.93. The monoisotopic (exact) mass is 427 g/mol. The van der Waals surface area contributed by atoms with E-state index in [-0.39, 0.29) is 29.2 Å². The molecule has 0 atom stereocenters. The second kappa shape index (κ2) is 10.7. The van der Waals surface area contributed by atoms with E-state index >= 15 is 0 Å². The molecule has 8 heteroatoms. The van der Waals surface area contributed by atoms with Crippen LogP contribution >= 0.6 is 11.8 Å². The van der Waals surface area contributed by atoms with Gasteiger partial charge in [-0.1, -0.05) is 0 Å². The van der Waals surface area contributed by atoms with Crippen molar-refractivity contribution in [3.05, 3.63) is 54.1 Å². The number of hydrogen-bond donors (Lipinski definition) is 2. The molecular formula is C22H25N3O4S. The molecule has 1 fully saturated rings. The Morgan fingerprint density at radius 2 is 1.37 bits per heavy atom. The highest BCUT2D eigenvalue weighted by Crippen LogP contribution is 2.17. The number of thioether (sulfide) groups is 1. The van der Waals surface area contributed by atoms with Gasteiger partial charge in [-0.05, 0) is 61.4 Å². The molecule has 0 spiro atoms. The van der Waals surface area contributed by atoms with Crippen LogP contribution < -0.4 is 15.4 Å². The second-order valence-corrected chi connectivity index (χ2v) is 7.88. The van der Waals surface area contributed by atoms with Gasteiger partial charge in [-0.2, -0.15) is 0 Å². The van der Waals surface area contributed by atoms with Crippen LogP contribution in [0, 0.1) is 0 Å². The van der Waals surface area contributed by atoms with Crippen LogP contribution in [0.5, 0.6) is 5.75 Å². The van der Waals surface area contributed by atoms with Crippen molar-refractivity contribution in [3.63, 3.8) is 0 Å². The van der Waals surface area contributed by atoms with E-state index in [1.165, 1.54) is 11.8 Å². The summed E-state index contributed by atoms with van der Waals surface area (Å²) in [5, 5.41) is 5.56. The number of likely N-dealkylation sites (tertiary alicyclic amines) is 1. The van der Waals surface area contributed by atoms with Crippen LogP contribution in [-0.2, 0) is 9.59 Å². The molecule has 2 aromatic carbocycles. The molecule has 0 unspecified atom stereocenters. The minimum atomic E-state index is -0.198. The van der Waals surface area contributed by atoms with Gasteiger partial charge < -0.3 is 20.3 Å². The predicted molar refractivity (Wildman–Crippen MR) is 119 cm³/mol. The summed E-state index contributed by atoms with van der Waals surface area (Å²) in [5.74, 6) is 0.697. The summed E-state index contributed by atoms with van der Waals surface area (Å²) in [6.45, 7) is 1.61. The van der Waals surface area contributed by atoms with Crippen LogP contribution in [0.1, 0.15) is 23.2 Å². The van der Waals surface area contributed by atoms with Gasteiger partial charge in [0.25, 0.3) is 5.91 Å². The molecule has 0 bridgehead atoms. The Morgan fingerprint density at radius 3 is 1.87 bits per heavy atom. The molecule has 1 aliphatic rings. The summed E-state index contributed by atoms with van der Waals surface area (Å²) < 4.78 is 5.08. The molecule has 1 aliphatic heterocycles. The molecule has 7 nitrogen and oxygen atoms in total. The molecule has 0 radical (unpaired) electrons. The number of carbonyl (C=O) groups is 3. The highest BCUT2D eigenvalue weighted by atomic mass is 32.2. The first-order chi connectivity index (χ1) is 14.5. The Kier molecular flexibility index (Phi) is 7.73. The Bertz CT molecular complexity index is 878. The zero-order valence-corrected chi connectivity index (χ0v) is 17.7. The maximum atomic E-state index is 12.3. The lowest BCUT2D eigenvalue weighted by Gasteiger charge is -2.15. The van der Waals surface area contributed by atoms with Crippen LogP contribution in [0.15, 0.2) is 48.5 Å². The number of anilines is 2. The largest absolute Gasteiger partial charge is 0.497 e. The van der Waals surface area contributed by atoms with Crippen LogP contribution in [0.2, 0.25) is 0 Å². The number of nitrogens with one attached hydrogen (secondary N) is 2. The zero-order chi connectivity index (χ0) is 21.3.